The molecule has 2 rings (SSSR count). The molecule has 1 aliphatic rings. The van der Waals surface area contributed by atoms with Crippen LogP contribution in [0.15, 0.2) is 18.2 Å². The van der Waals surface area contributed by atoms with Gasteiger partial charge in [0.1, 0.15) is 0 Å². The SMILES string of the molecule is Cc1ccc2c(c1)CCC(I)C(=O)N2. The van der Waals surface area contributed by atoms with Gasteiger partial charge in [-0.25, -0.2) is 0 Å². The Morgan fingerprint density at radius 1 is 1.50 bits per heavy atom. The molecule has 0 spiro atoms. The molecule has 2 nitrogen and oxygen atoms in total. The molecule has 3 heteroatoms. The quantitative estimate of drug-likeness (QED) is 0.579. The summed E-state index contributed by atoms with van der Waals surface area (Å²) in [6.07, 6.45) is 1.92. The molecular formula is C11H12INO. The fraction of sp³-hybridized carbons (Fsp3) is 0.364. The Bertz CT molecular complexity index is 376. The number of anilines is 1. The van der Waals surface area contributed by atoms with Crippen LogP contribution in [0, 0.1) is 6.92 Å². The van der Waals surface area contributed by atoms with Crippen LogP contribution in [-0.4, -0.2) is 9.83 Å². The van der Waals surface area contributed by atoms with E-state index >= 15 is 0 Å². The number of carbonyl (C=O) groups excluding carboxylic acids is 1. The Kier molecular flexibility index (Phi) is 2.76. The zero-order valence-electron chi connectivity index (χ0n) is 8.01. The molecule has 0 bridgehead atoms. The number of carbonyl (C=O) groups is 1. The minimum Gasteiger partial charge on any atom is -0.325 e. The van der Waals surface area contributed by atoms with Crippen molar-refractivity contribution in [2.75, 3.05) is 5.32 Å². The van der Waals surface area contributed by atoms with Crippen molar-refractivity contribution in [3.63, 3.8) is 0 Å². The average Bonchev–Trinajstić information content (AvgIpc) is 2.29. The molecule has 1 heterocycles. The van der Waals surface area contributed by atoms with E-state index in [4.69, 9.17) is 0 Å². The third kappa shape index (κ3) is 1.92. The molecule has 0 saturated heterocycles. The van der Waals surface area contributed by atoms with E-state index < -0.39 is 0 Å². The average molecular weight is 301 g/mol. The van der Waals surface area contributed by atoms with E-state index in [9.17, 15) is 4.79 Å². The number of amides is 1. The van der Waals surface area contributed by atoms with Gasteiger partial charge in [-0.3, -0.25) is 4.79 Å². The molecule has 14 heavy (non-hydrogen) atoms. The first-order valence-corrected chi connectivity index (χ1v) is 5.96. The van der Waals surface area contributed by atoms with E-state index in [2.05, 4.69) is 40.9 Å². The van der Waals surface area contributed by atoms with Crippen LogP contribution in [0.4, 0.5) is 5.69 Å². The van der Waals surface area contributed by atoms with Crippen molar-refractivity contribution in [1.82, 2.24) is 0 Å². The maximum absolute atomic E-state index is 11.5. The summed E-state index contributed by atoms with van der Waals surface area (Å²) in [5, 5.41) is 2.95. The predicted octanol–water partition coefficient (Wildman–Crippen LogP) is 2.68. The van der Waals surface area contributed by atoms with Gasteiger partial charge in [0, 0.05) is 5.69 Å². The van der Waals surface area contributed by atoms with E-state index in [0.29, 0.717) is 0 Å². The van der Waals surface area contributed by atoms with Crippen molar-refractivity contribution < 1.29 is 4.79 Å². The normalized spacial score (nSPS) is 21.0. The second-order valence-corrected chi connectivity index (χ2v) is 5.16. The Balaban J connectivity index is 2.37. The highest BCUT2D eigenvalue weighted by Crippen LogP contribution is 2.25. The summed E-state index contributed by atoms with van der Waals surface area (Å²) in [6.45, 7) is 2.08. The first-order valence-electron chi connectivity index (χ1n) is 4.71. The van der Waals surface area contributed by atoms with Crippen LogP contribution in [0.25, 0.3) is 0 Å². The van der Waals surface area contributed by atoms with Gasteiger partial charge >= 0.3 is 0 Å². The fourth-order valence-corrected chi connectivity index (χ4v) is 2.14. The molecule has 1 aromatic rings. The number of hydrogen-bond acceptors (Lipinski definition) is 1. The molecule has 0 radical (unpaired) electrons. The number of nitrogens with one attached hydrogen (secondary N) is 1. The Hall–Kier alpha value is -0.580. The number of fused-ring (bicyclic) bond motifs is 1. The summed E-state index contributed by atoms with van der Waals surface area (Å²) in [5.74, 6) is 0.133. The number of benzene rings is 1. The maximum atomic E-state index is 11.5. The molecule has 1 unspecified atom stereocenters. The third-order valence-corrected chi connectivity index (χ3v) is 3.66. The molecule has 74 valence electrons. The number of hydrogen-bond donors (Lipinski definition) is 1. The highest BCUT2D eigenvalue weighted by Gasteiger charge is 2.20. The van der Waals surface area contributed by atoms with Gasteiger partial charge in [0.15, 0.2) is 0 Å². The van der Waals surface area contributed by atoms with Gasteiger partial charge in [0.05, 0.1) is 3.92 Å². The predicted molar refractivity (Wildman–Crippen MR) is 65.9 cm³/mol. The Morgan fingerprint density at radius 3 is 3.07 bits per heavy atom. The van der Waals surface area contributed by atoms with Gasteiger partial charge in [-0.05, 0) is 31.4 Å². The topological polar surface area (TPSA) is 29.1 Å². The molecule has 1 amide bonds. The largest absolute Gasteiger partial charge is 0.325 e. The molecule has 1 aromatic carbocycles. The smallest absolute Gasteiger partial charge is 0.237 e. The zero-order valence-corrected chi connectivity index (χ0v) is 10.2. The van der Waals surface area contributed by atoms with Crippen LogP contribution >= 0.6 is 22.6 Å². The molecule has 0 saturated carbocycles. The van der Waals surface area contributed by atoms with Crippen molar-refractivity contribution in [2.45, 2.75) is 23.7 Å². The van der Waals surface area contributed by atoms with Crippen LogP contribution in [0.3, 0.4) is 0 Å². The monoisotopic (exact) mass is 301 g/mol. The lowest BCUT2D eigenvalue weighted by molar-refractivity contribution is -0.115. The van der Waals surface area contributed by atoms with Crippen molar-refractivity contribution >= 4 is 34.2 Å². The van der Waals surface area contributed by atoms with E-state index in [1.165, 1.54) is 11.1 Å². The summed E-state index contributed by atoms with van der Waals surface area (Å²) in [6, 6.07) is 6.19. The number of aryl methyl sites for hydroxylation is 2. The number of rotatable bonds is 0. The minimum atomic E-state index is 0.0975. The molecule has 1 N–H and O–H groups in total. The first kappa shape index (κ1) is 9.96. The van der Waals surface area contributed by atoms with Crippen molar-refractivity contribution in [1.29, 1.82) is 0 Å². The van der Waals surface area contributed by atoms with Gasteiger partial charge in [-0.2, -0.15) is 0 Å². The number of halogens is 1. The van der Waals surface area contributed by atoms with Crippen LogP contribution < -0.4 is 5.32 Å². The van der Waals surface area contributed by atoms with E-state index in [0.717, 1.165) is 18.5 Å². The summed E-state index contributed by atoms with van der Waals surface area (Å²) >= 11 is 2.20. The molecule has 1 aliphatic heterocycles. The van der Waals surface area contributed by atoms with Crippen LogP contribution in [0.2, 0.25) is 0 Å². The van der Waals surface area contributed by atoms with Crippen LogP contribution in [0.5, 0.6) is 0 Å². The van der Waals surface area contributed by atoms with Crippen molar-refractivity contribution in [3.8, 4) is 0 Å². The van der Waals surface area contributed by atoms with E-state index in [1.807, 2.05) is 12.1 Å². The summed E-state index contributed by atoms with van der Waals surface area (Å²) in [4.78, 5) is 11.5. The highest BCUT2D eigenvalue weighted by molar-refractivity contribution is 14.1. The second-order valence-electron chi connectivity index (χ2n) is 3.66. The van der Waals surface area contributed by atoms with Gasteiger partial charge in [0.25, 0.3) is 0 Å². The fourth-order valence-electron chi connectivity index (χ4n) is 1.68. The maximum Gasteiger partial charge on any atom is 0.237 e. The van der Waals surface area contributed by atoms with Gasteiger partial charge in [-0.15, -0.1) is 0 Å². The van der Waals surface area contributed by atoms with Crippen LogP contribution in [0.1, 0.15) is 17.5 Å². The van der Waals surface area contributed by atoms with Gasteiger partial charge < -0.3 is 5.32 Å². The Morgan fingerprint density at radius 2 is 2.29 bits per heavy atom. The second kappa shape index (κ2) is 3.88. The lowest BCUT2D eigenvalue weighted by Gasteiger charge is -2.06. The van der Waals surface area contributed by atoms with Gasteiger partial charge in [0.2, 0.25) is 5.91 Å². The molecule has 0 aromatic heterocycles. The third-order valence-electron chi connectivity index (χ3n) is 2.47. The highest BCUT2D eigenvalue weighted by atomic mass is 127. The van der Waals surface area contributed by atoms with E-state index in [-0.39, 0.29) is 9.83 Å². The van der Waals surface area contributed by atoms with Crippen molar-refractivity contribution in [3.05, 3.63) is 29.3 Å². The van der Waals surface area contributed by atoms with Gasteiger partial charge in [-0.1, -0.05) is 40.3 Å². The summed E-state index contributed by atoms with van der Waals surface area (Å²) in [7, 11) is 0. The first-order chi connectivity index (χ1) is 6.66. The van der Waals surface area contributed by atoms with Crippen molar-refractivity contribution in [2.24, 2.45) is 0 Å². The molecule has 1 atom stereocenters. The summed E-state index contributed by atoms with van der Waals surface area (Å²) in [5.41, 5.74) is 3.50. The molecule has 0 aliphatic carbocycles. The zero-order chi connectivity index (χ0) is 10.1. The minimum absolute atomic E-state index is 0.0975. The lowest BCUT2D eigenvalue weighted by Crippen LogP contribution is -2.20. The van der Waals surface area contributed by atoms with E-state index in [1.54, 1.807) is 0 Å². The molecular weight excluding hydrogens is 289 g/mol. The molecule has 0 fully saturated rings. The Labute approximate surface area is 97.2 Å². The standard InChI is InChI=1S/C11H12INO/c1-7-2-5-10-8(6-7)3-4-9(12)11(14)13-10/h2,5-6,9H,3-4H2,1H3,(H,13,14). The summed E-state index contributed by atoms with van der Waals surface area (Å²) < 4.78 is 0.0975. The lowest BCUT2D eigenvalue weighted by atomic mass is 10.1. The van der Waals surface area contributed by atoms with Crippen LogP contribution in [-0.2, 0) is 11.2 Å². The number of alkyl halides is 1.